The summed E-state index contributed by atoms with van der Waals surface area (Å²) in [5.41, 5.74) is 3.38. The number of fused-ring (bicyclic) bond motifs is 1. The fourth-order valence-electron chi connectivity index (χ4n) is 3.94. The second kappa shape index (κ2) is 10.2. The molecule has 0 spiro atoms. The summed E-state index contributed by atoms with van der Waals surface area (Å²) in [5, 5.41) is 12.8. The van der Waals surface area contributed by atoms with Crippen LogP contribution in [0.3, 0.4) is 0 Å². The summed E-state index contributed by atoms with van der Waals surface area (Å²) >= 11 is 1.38. The van der Waals surface area contributed by atoms with Crippen LogP contribution in [0.4, 0.5) is 0 Å². The summed E-state index contributed by atoms with van der Waals surface area (Å²) in [7, 11) is 0. The fraction of sp³-hybridized carbons (Fsp3) is 0.333. The maximum absolute atomic E-state index is 12.8. The zero-order chi connectivity index (χ0) is 21.6. The molecule has 0 aliphatic carbocycles. The second-order valence-corrected chi connectivity index (χ2v) is 8.68. The number of rotatable bonds is 7. The first-order chi connectivity index (χ1) is 15.2. The van der Waals surface area contributed by atoms with Crippen molar-refractivity contribution in [2.24, 2.45) is 0 Å². The van der Waals surface area contributed by atoms with Crippen LogP contribution in [0, 0.1) is 0 Å². The topological polar surface area (TPSA) is 74.7 Å². The molecule has 1 aliphatic rings. The van der Waals surface area contributed by atoms with Gasteiger partial charge in [0.25, 0.3) is 5.91 Å². The number of aliphatic hydroxyl groups is 1. The Labute approximate surface area is 186 Å². The first-order valence-corrected chi connectivity index (χ1v) is 11.3. The van der Waals surface area contributed by atoms with E-state index < -0.39 is 0 Å². The standard InChI is InChI=1S/C24H27N3O3S/c1-17(14-18-6-3-2-4-7-18)15-27-11-13-30-20(16-27)21-19-8-5-9-26-24(19)31-22(21)23(29)25-10-12-28/h2-9,14,20,28H,10-13,15-16H2,1H3,(H,25,29). The van der Waals surface area contributed by atoms with Crippen LogP contribution < -0.4 is 5.32 Å². The SMILES string of the molecule is CC(=Cc1ccccc1)CN1CCOC(c2c(C(=O)NCCO)sc3ncccc23)C1. The highest BCUT2D eigenvalue weighted by Crippen LogP contribution is 2.37. The summed E-state index contributed by atoms with van der Waals surface area (Å²) in [6, 6.07) is 14.2. The molecule has 3 aromatic rings. The number of carbonyl (C=O) groups is 1. The number of hydrogen-bond acceptors (Lipinski definition) is 6. The summed E-state index contributed by atoms with van der Waals surface area (Å²) in [5.74, 6) is -0.187. The molecule has 1 aromatic carbocycles. The molecular formula is C24H27N3O3S. The van der Waals surface area contributed by atoms with Crippen molar-refractivity contribution < 1.29 is 14.6 Å². The Morgan fingerprint density at radius 3 is 2.97 bits per heavy atom. The smallest absolute Gasteiger partial charge is 0.261 e. The van der Waals surface area contributed by atoms with E-state index in [1.54, 1.807) is 6.20 Å². The quantitative estimate of drug-likeness (QED) is 0.592. The molecule has 1 fully saturated rings. The first kappa shape index (κ1) is 21.6. The molecular weight excluding hydrogens is 410 g/mol. The first-order valence-electron chi connectivity index (χ1n) is 10.5. The van der Waals surface area contributed by atoms with Crippen molar-refractivity contribution in [2.75, 3.05) is 39.4 Å². The van der Waals surface area contributed by atoms with Crippen molar-refractivity contribution >= 4 is 33.5 Å². The van der Waals surface area contributed by atoms with Gasteiger partial charge in [0, 0.05) is 43.3 Å². The summed E-state index contributed by atoms with van der Waals surface area (Å²) in [6.45, 7) is 5.30. The highest BCUT2D eigenvalue weighted by molar-refractivity contribution is 7.20. The van der Waals surface area contributed by atoms with E-state index in [2.05, 4.69) is 40.3 Å². The van der Waals surface area contributed by atoms with Gasteiger partial charge in [-0.3, -0.25) is 9.69 Å². The Bertz CT molecular complexity index is 1060. The maximum Gasteiger partial charge on any atom is 0.261 e. The third kappa shape index (κ3) is 5.19. The van der Waals surface area contributed by atoms with Crippen molar-refractivity contribution in [3.8, 4) is 0 Å². The summed E-state index contributed by atoms with van der Waals surface area (Å²) in [6.07, 6.45) is 3.75. The number of pyridine rings is 1. The molecule has 162 valence electrons. The van der Waals surface area contributed by atoms with Crippen LogP contribution in [0.25, 0.3) is 16.3 Å². The van der Waals surface area contributed by atoms with Gasteiger partial charge in [-0.1, -0.05) is 48.0 Å². The van der Waals surface area contributed by atoms with Crippen LogP contribution in [0.5, 0.6) is 0 Å². The number of ether oxygens (including phenoxy) is 1. The molecule has 6 nitrogen and oxygen atoms in total. The normalized spacial score (nSPS) is 17.7. The second-order valence-electron chi connectivity index (χ2n) is 7.68. The number of aromatic nitrogens is 1. The molecule has 0 radical (unpaired) electrons. The van der Waals surface area contributed by atoms with Gasteiger partial charge in [-0.05, 0) is 18.6 Å². The van der Waals surface area contributed by atoms with E-state index in [1.807, 2.05) is 30.3 Å². The van der Waals surface area contributed by atoms with E-state index in [0.717, 1.165) is 28.9 Å². The van der Waals surface area contributed by atoms with Crippen LogP contribution in [0.2, 0.25) is 0 Å². The average Bonchev–Trinajstić information content (AvgIpc) is 3.18. The Morgan fingerprint density at radius 2 is 2.16 bits per heavy atom. The molecule has 0 bridgehead atoms. The van der Waals surface area contributed by atoms with E-state index in [-0.39, 0.29) is 25.2 Å². The number of thiophene rings is 1. The number of carbonyl (C=O) groups excluding carboxylic acids is 1. The summed E-state index contributed by atoms with van der Waals surface area (Å²) < 4.78 is 6.14. The van der Waals surface area contributed by atoms with E-state index in [0.29, 0.717) is 18.0 Å². The molecule has 4 rings (SSSR count). The molecule has 0 saturated carbocycles. The number of hydrogen-bond donors (Lipinski definition) is 2. The van der Waals surface area contributed by atoms with Crippen LogP contribution >= 0.6 is 11.3 Å². The number of aliphatic hydroxyl groups excluding tert-OH is 1. The molecule has 2 aromatic heterocycles. The van der Waals surface area contributed by atoms with Crippen molar-refractivity contribution in [1.29, 1.82) is 0 Å². The van der Waals surface area contributed by atoms with Crippen molar-refractivity contribution in [2.45, 2.75) is 13.0 Å². The summed E-state index contributed by atoms with van der Waals surface area (Å²) in [4.78, 5) is 21.0. The van der Waals surface area contributed by atoms with E-state index in [9.17, 15) is 4.79 Å². The fourth-order valence-corrected chi connectivity index (χ4v) is 5.05. The van der Waals surface area contributed by atoms with Gasteiger partial charge in [-0.15, -0.1) is 11.3 Å². The molecule has 1 saturated heterocycles. The van der Waals surface area contributed by atoms with Gasteiger partial charge < -0.3 is 15.2 Å². The monoisotopic (exact) mass is 437 g/mol. The van der Waals surface area contributed by atoms with Gasteiger partial charge in [0.1, 0.15) is 9.71 Å². The van der Waals surface area contributed by atoms with Crippen molar-refractivity contribution in [1.82, 2.24) is 15.2 Å². The molecule has 7 heteroatoms. The minimum Gasteiger partial charge on any atom is -0.395 e. The molecule has 1 unspecified atom stereocenters. The highest BCUT2D eigenvalue weighted by Gasteiger charge is 2.30. The Hall–Kier alpha value is -2.58. The lowest BCUT2D eigenvalue weighted by Crippen LogP contribution is -2.39. The lowest BCUT2D eigenvalue weighted by Gasteiger charge is -2.33. The van der Waals surface area contributed by atoms with Crippen LogP contribution in [-0.4, -0.2) is 60.3 Å². The van der Waals surface area contributed by atoms with Crippen LogP contribution in [-0.2, 0) is 4.74 Å². The number of benzene rings is 1. The van der Waals surface area contributed by atoms with Gasteiger partial charge in [-0.25, -0.2) is 4.98 Å². The number of amides is 1. The maximum atomic E-state index is 12.8. The largest absolute Gasteiger partial charge is 0.395 e. The van der Waals surface area contributed by atoms with E-state index >= 15 is 0 Å². The third-order valence-electron chi connectivity index (χ3n) is 5.27. The average molecular weight is 438 g/mol. The minimum absolute atomic E-state index is 0.0923. The van der Waals surface area contributed by atoms with Gasteiger partial charge in [-0.2, -0.15) is 0 Å². The minimum atomic E-state index is -0.203. The lowest BCUT2D eigenvalue weighted by atomic mass is 10.0. The Morgan fingerprint density at radius 1 is 1.32 bits per heavy atom. The lowest BCUT2D eigenvalue weighted by molar-refractivity contribution is -0.0261. The number of nitrogens with one attached hydrogen (secondary N) is 1. The Balaban J connectivity index is 1.56. The van der Waals surface area contributed by atoms with E-state index in [1.165, 1.54) is 22.5 Å². The zero-order valence-electron chi connectivity index (χ0n) is 17.6. The number of morpholine rings is 1. The number of nitrogens with zero attached hydrogens (tertiary/aromatic N) is 2. The van der Waals surface area contributed by atoms with Gasteiger partial charge in [0.15, 0.2) is 0 Å². The molecule has 2 N–H and O–H groups in total. The van der Waals surface area contributed by atoms with Gasteiger partial charge in [0.2, 0.25) is 0 Å². The van der Waals surface area contributed by atoms with Crippen molar-refractivity contribution in [3.63, 3.8) is 0 Å². The molecule has 1 aliphatic heterocycles. The predicted molar refractivity (Wildman–Crippen MR) is 124 cm³/mol. The van der Waals surface area contributed by atoms with Gasteiger partial charge in [0.05, 0.1) is 19.3 Å². The zero-order valence-corrected chi connectivity index (χ0v) is 18.4. The predicted octanol–water partition coefficient (Wildman–Crippen LogP) is 3.50. The van der Waals surface area contributed by atoms with Crippen LogP contribution in [0.15, 0.2) is 54.2 Å². The molecule has 31 heavy (non-hydrogen) atoms. The van der Waals surface area contributed by atoms with E-state index in [4.69, 9.17) is 9.84 Å². The Kier molecular flexibility index (Phi) is 7.09. The third-order valence-corrected chi connectivity index (χ3v) is 6.39. The molecule has 1 amide bonds. The van der Waals surface area contributed by atoms with Crippen molar-refractivity contribution in [3.05, 3.63) is 70.2 Å². The van der Waals surface area contributed by atoms with Crippen LogP contribution in [0.1, 0.15) is 33.8 Å². The highest BCUT2D eigenvalue weighted by atomic mass is 32.1. The molecule has 1 atom stereocenters. The molecule has 3 heterocycles. The van der Waals surface area contributed by atoms with Gasteiger partial charge >= 0.3 is 0 Å².